The molecule has 0 radical (unpaired) electrons. The number of aliphatic hydroxyl groups excluding tert-OH is 1. The number of aliphatic hydroxyl groups is 1. The van der Waals surface area contributed by atoms with Crippen molar-refractivity contribution in [3.05, 3.63) is 23.4 Å². The van der Waals surface area contributed by atoms with Crippen LogP contribution in [-0.4, -0.2) is 108 Å². The lowest BCUT2D eigenvalue weighted by Crippen LogP contribution is -2.51. The van der Waals surface area contributed by atoms with Gasteiger partial charge in [-0.2, -0.15) is 0 Å². The normalized spacial score (nSPS) is 21.5. The molecule has 0 aromatic carbocycles. The van der Waals surface area contributed by atoms with Crippen LogP contribution in [0.2, 0.25) is 0 Å². The summed E-state index contributed by atoms with van der Waals surface area (Å²) in [6.07, 6.45) is 1.99. The summed E-state index contributed by atoms with van der Waals surface area (Å²) in [7, 11) is 1.78. The van der Waals surface area contributed by atoms with E-state index in [9.17, 15) is 14.7 Å². The van der Waals surface area contributed by atoms with Crippen molar-refractivity contribution in [2.24, 2.45) is 11.8 Å². The van der Waals surface area contributed by atoms with Gasteiger partial charge in [0.2, 0.25) is 11.8 Å². The second-order valence-electron chi connectivity index (χ2n) is 10.3. The van der Waals surface area contributed by atoms with Crippen LogP contribution in [0.15, 0.2) is 12.3 Å². The molecule has 1 fully saturated rings. The number of carbonyl (C=O) groups excluding carboxylic acids is 2. The maximum absolute atomic E-state index is 13.5. The maximum Gasteiger partial charge on any atom is 0.259 e. The van der Waals surface area contributed by atoms with Gasteiger partial charge >= 0.3 is 0 Å². The molecule has 0 bridgehead atoms. The average Bonchev–Trinajstić information content (AvgIpc) is 2.86. The summed E-state index contributed by atoms with van der Waals surface area (Å²) in [5, 5.41) is 9.83. The molecule has 198 valence electrons. The van der Waals surface area contributed by atoms with E-state index in [4.69, 9.17) is 9.47 Å². The third-order valence-electron chi connectivity index (χ3n) is 6.61. The molecule has 0 unspecified atom stereocenters. The van der Waals surface area contributed by atoms with Crippen molar-refractivity contribution in [1.29, 1.82) is 0 Å². The number of aromatic nitrogens is 1. The molecule has 2 aliphatic rings. The Morgan fingerprint density at radius 1 is 1.31 bits per heavy atom. The number of hydrogen-bond acceptors (Lipinski definition) is 7. The third kappa shape index (κ3) is 7.42. The molecule has 0 aliphatic carbocycles. The molecule has 1 aromatic heterocycles. The molecule has 3 rings (SSSR count). The first-order chi connectivity index (χ1) is 17.2. The van der Waals surface area contributed by atoms with Gasteiger partial charge in [-0.15, -0.1) is 0 Å². The Balaban J connectivity index is 1.83. The van der Waals surface area contributed by atoms with Crippen LogP contribution in [0, 0.1) is 23.7 Å². The zero-order chi connectivity index (χ0) is 26.2. The predicted molar refractivity (Wildman–Crippen MR) is 137 cm³/mol. The number of likely N-dealkylation sites (N-methyl/N-ethyl adjacent to an activating group) is 1. The lowest BCUT2D eigenvalue weighted by atomic mass is 10.00. The summed E-state index contributed by atoms with van der Waals surface area (Å²) in [6.45, 7) is 11.7. The second kappa shape index (κ2) is 13.0. The van der Waals surface area contributed by atoms with Crippen molar-refractivity contribution in [3.63, 3.8) is 0 Å². The van der Waals surface area contributed by atoms with Gasteiger partial charge in [0.1, 0.15) is 11.7 Å². The summed E-state index contributed by atoms with van der Waals surface area (Å²) in [5.41, 5.74) is 0.969. The van der Waals surface area contributed by atoms with Crippen LogP contribution >= 0.6 is 0 Å². The highest BCUT2D eigenvalue weighted by atomic mass is 16.5. The van der Waals surface area contributed by atoms with Crippen LogP contribution < -0.4 is 4.74 Å². The van der Waals surface area contributed by atoms with Crippen molar-refractivity contribution in [2.45, 2.75) is 46.3 Å². The molecule has 2 amide bonds. The highest BCUT2D eigenvalue weighted by Gasteiger charge is 2.34. The van der Waals surface area contributed by atoms with Crippen LogP contribution in [0.5, 0.6) is 5.88 Å². The SMILES string of the molecule is CC(C)CC#Cc1cnc2c(c1)C(=O)N([C@@H](C)CO)C[C@@H](C)[C@H](CN(C)C(=O)CN1CCOCC1)O2. The molecule has 1 N–H and O–H groups in total. The van der Waals surface area contributed by atoms with Crippen molar-refractivity contribution in [3.8, 4) is 17.7 Å². The Morgan fingerprint density at radius 3 is 2.69 bits per heavy atom. The highest BCUT2D eigenvalue weighted by Crippen LogP contribution is 2.27. The van der Waals surface area contributed by atoms with Crippen molar-refractivity contribution < 1.29 is 24.2 Å². The fraction of sp³-hybridized carbons (Fsp3) is 0.667. The number of ether oxygens (including phenoxy) is 2. The number of rotatable bonds is 7. The van der Waals surface area contributed by atoms with E-state index in [2.05, 4.69) is 35.6 Å². The topological polar surface area (TPSA) is 95.4 Å². The Labute approximate surface area is 214 Å². The van der Waals surface area contributed by atoms with E-state index in [0.29, 0.717) is 49.9 Å². The molecule has 36 heavy (non-hydrogen) atoms. The lowest BCUT2D eigenvalue weighted by Gasteiger charge is -2.38. The number of fused-ring (bicyclic) bond motifs is 1. The number of hydrogen-bond donors (Lipinski definition) is 1. The minimum Gasteiger partial charge on any atom is -0.472 e. The number of nitrogens with zero attached hydrogens (tertiary/aromatic N) is 4. The minimum atomic E-state index is -0.380. The highest BCUT2D eigenvalue weighted by molar-refractivity contribution is 5.97. The summed E-state index contributed by atoms with van der Waals surface area (Å²) < 4.78 is 11.7. The van der Waals surface area contributed by atoms with Gasteiger partial charge < -0.3 is 24.4 Å². The molecule has 9 heteroatoms. The molecular weight excluding hydrogens is 460 g/mol. The molecule has 3 atom stereocenters. The second-order valence-corrected chi connectivity index (χ2v) is 10.3. The predicted octanol–water partition coefficient (Wildman–Crippen LogP) is 1.49. The van der Waals surface area contributed by atoms with Gasteiger partial charge in [0.25, 0.3) is 5.91 Å². The van der Waals surface area contributed by atoms with E-state index in [1.165, 1.54) is 0 Å². The van der Waals surface area contributed by atoms with E-state index < -0.39 is 0 Å². The molecule has 3 heterocycles. The Hall–Kier alpha value is -2.67. The van der Waals surface area contributed by atoms with E-state index in [-0.39, 0.29) is 42.4 Å². The van der Waals surface area contributed by atoms with Crippen LogP contribution in [0.3, 0.4) is 0 Å². The number of pyridine rings is 1. The van der Waals surface area contributed by atoms with Crippen LogP contribution in [-0.2, 0) is 9.53 Å². The smallest absolute Gasteiger partial charge is 0.259 e. The summed E-state index contributed by atoms with van der Waals surface area (Å²) >= 11 is 0. The summed E-state index contributed by atoms with van der Waals surface area (Å²) in [4.78, 5) is 36.3. The fourth-order valence-corrected chi connectivity index (χ4v) is 4.19. The van der Waals surface area contributed by atoms with Gasteiger partial charge in [0.05, 0.1) is 39.0 Å². The first kappa shape index (κ1) is 27.9. The number of amides is 2. The van der Waals surface area contributed by atoms with E-state index in [0.717, 1.165) is 19.5 Å². The van der Waals surface area contributed by atoms with Crippen LogP contribution in [0.1, 0.15) is 50.0 Å². The molecular formula is C27H40N4O5. The molecule has 1 saturated heterocycles. The van der Waals surface area contributed by atoms with Crippen molar-refractivity contribution in [2.75, 3.05) is 59.6 Å². The largest absolute Gasteiger partial charge is 0.472 e. The Bertz CT molecular complexity index is 967. The van der Waals surface area contributed by atoms with Gasteiger partial charge in [0, 0.05) is 50.8 Å². The quantitative estimate of drug-likeness (QED) is 0.567. The zero-order valence-corrected chi connectivity index (χ0v) is 22.2. The standard InChI is InChI=1S/C27H40N4O5/c1-19(2)7-6-8-22-13-23-26(28-14-22)36-24(20(3)15-31(27(23)34)21(4)18-32)16-29(5)25(33)17-30-9-11-35-12-10-30/h13-14,19-21,24,32H,7,9-12,15-18H2,1-5H3/t20-,21+,24+/m1/s1. The zero-order valence-electron chi connectivity index (χ0n) is 22.2. The van der Waals surface area contributed by atoms with Crippen LogP contribution in [0.4, 0.5) is 0 Å². The van der Waals surface area contributed by atoms with Gasteiger partial charge in [-0.25, -0.2) is 4.98 Å². The van der Waals surface area contributed by atoms with Gasteiger partial charge in [-0.1, -0.05) is 32.6 Å². The van der Waals surface area contributed by atoms with Gasteiger partial charge in [-0.3, -0.25) is 14.5 Å². The average molecular weight is 501 g/mol. The summed E-state index contributed by atoms with van der Waals surface area (Å²) in [6, 6.07) is 1.35. The molecule has 2 aliphatic heterocycles. The van der Waals surface area contributed by atoms with E-state index in [1.54, 1.807) is 29.1 Å². The first-order valence-electron chi connectivity index (χ1n) is 12.8. The van der Waals surface area contributed by atoms with Gasteiger partial charge in [0.15, 0.2) is 0 Å². The van der Waals surface area contributed by atoms with Gasteiger partial charge in [-0.05, 0) is 18.9 Å². The Morgan fingerprint density at radius 2 is 2.03 bits per heavy atom. The molecule has 0 saturated carbocycles. The minimum absolute atomic E-state index is 0.00961. The lowest BCUT2D eigenvalue weighted by molar-refractivity contribution is -0.133. The van der Waals surface area contributed by atoms with Crippen molar-refractivity contribution in [1.82, 2.24) is 19.7 Å². The molecule has 1 aromatic rings. The number of morpholine rings is 1. The first-order valence-corrected chi connectivity index (χ1v) is 12.8. The maximum atomic E-state index is 13.5. The van der Waals surface area contributed by atoms with Crippen molar-refractivity contribution >= 4 is 11.8 Å². The third-order valence-corrected chi connectivity index (χ3v) is 6.61. The number of carbonyl (C=O) groups is 2. The van der Waals surface area contributed by atoms with Crippen LogP contribution in [0.25, 0.3) is 0 Å². The van der Waals surface area contributed by atoms with E-state index in [1.807, 2.05) is 13.8 Å². The monoisotopic (exact) mass is 500 g/mol. The molecule has 0 spiro atoms. The summed E-state index contributed by atoms with van der Waals surface area (Å²) in [5.74, 6) is 6.58. The van der Waals surface area contributed by atoms with E-state index >= 15 is 0 Å². The fourth-order valence-electron chi connectivity index (χ4n) is 4.19. The Kier molecular flexibility index (Phi) is 10.1. The molecule has 9 nitrogen and oxygen atoms in total.